The van der Waals surface area contributed by atoms with Crippen LogP contribution in [0, 0.1) is 0 Å². The number of rotatable bonds is 4. The lowest BCUT2D eigenvalue weighted by Gasteiger charge is -2.06. The summed E-state index contributed by atoms with van der Waals surface area (Å²) >= 11 is 0. The predicted octanol–water partition coefficient (Wildman–Crippen LogP) is 2.35. The highest BCUT2D eigenvalue weighted by molar-refractivity contribution is 5.88. The van der Waals surface area contributed by atoms with Crippen LogP contribution in [0.25, 0.3) is 0 Å². The number of carbonyl (C=O) groups excluding carboxylic acids is 2. The summed E-state index contributed by atoms with van der Waals surface area (Å²) in [5.41, 5.74) is 0.620. The Morgan fingerprint density at radius 2 is 2.12 bits per heavy atom. The second-order valence-corrected chi connectivity index (χ2v) is 3.43. The molecule has 1 amide bonds. The lowest BCUT2D eigenvalue weighted by Crippen LogP contribution is -2.08. The van der Waals surface area contributed by atoms with Gasteiger partial charge in [-0.15, -0.1) is 0 Å². The Balaban J connectivity index is 2.67. The average molecular weight is 221 g/mol. The molecule has 0 saturated carbocycles. The number of ether oxygens (including phenoxy) is 1. The smallest absolute Gasteiger partial charge is 0.311 e. The van der Waals surface area contributed by atoms with Crippen molar-refractivity contribution in [3.8, 4) is 5.75 Å². The minimum atomic E-state index is -0.262. The SMILES string of the molecule is CCCC(=O)Oc1cccc(NC(C)=O)c1. The second-order valence-electron chi connectivity index (χ2n) is 3.43. The summed E-state index contributed by atoms with van der Waals surface area (Å²) in [7, 11) is 0. The van der Waals surface area contributed by atoms with Crippen LogP contribution in [-0.2, 0) is 9.59 Å². The molecular formula is C12H15NO3. The van der Waals surface area contributed by atoms with Gasteiger partial charge in [-0.3, -0.25) is 9.59 Å². The van der Waals surface area contributed by atoms with Crippen molar-refractivity contribution in [1.29, 1.82) is 0 Å². The van der Waals surface area contributed by atoms with Crippen LogP contribution in [0.15, 0.2) is 24.3 Å². The van der Waals surface area contributed by atoms with Gasteiger partial charge >= 0.3 is 5.97 Å². The Bertz CT molecular complexity index is 388. The minimum Gasteiger partial charge on any atom is -0.426 e. The Morgan fingerprint density at radius 1 is 1.38 bits per heavy atom. The summed E-state index contributed by atoms with van der Waals surface area (Å²) < 4.78 is 5.09. The lowest BCUT2D eigenvalue weighted by atomic mass is 10.3. The molecule has 0 unspecified atom stereocenters. The predicted molar refractivity (Wildman–Crippen MR) is 61.3 cm³/mol. The molecule has 1 aromatic rings. The fourth-order valence-electron chi connectivity index (χ4n) is 1.23. The number of carbonyl (C=O) groups is 2. The molecule has 0 aliphatic carbocycles. The number of nitrogens with one attached hydrogen (secondary N) is 1. The highest BCUT2D eigenvalue weighted by Crippen LogP contribution is 2.17. The van der Waals surface area contributed by atoms with Gasteiger partial charge in [0, 0.05) is 25.1 Å². The molecule has 4 nitrogen and oxygen atoms in total. The van der Waals surface area contributed by atoms with Crippen LogP contribution in [0.4, 0.5) is 5.69 Å². The third-order valence-corrected chi connectivity index (χ3v) is 1.84. The van der Waals surface area contributed by atoms with Crippen LogP contribution < -0.4 is 10.1 Å². The van der Waals surface area contributed by atoms with Gasteiger partial charge in [-0.1, -0.05) is 13.0 Å². The summed E-state index contributed by atoms with van der Waals surface area (Å²) in [6.07, 6.45) is 1.15. The number of hydrogen-bond acceptors (Lipinski definition) is 3. The fourth-order valence-corrected chi connectivity index (χ4v) is 1.23. The van der Waals surface area contributed by atoms with Gasteiger partial charge in [0.15, 0.2) is 0 Å². The molecule has 0 heterocycles. The molecule has 4 heteroatoms. The summed E-state index contributed by atoms with van der Waals surface area (Å²) in [4.78, 5) is 22.1. The molecule has 0 fully saturated rings. The number of hydrogen-bond donors (Lipinski definition) is 1. The summed E-state index contributed by atoms with van der Waals surface area (Å²) in [5.74, 6) is 0.0317. The van der Waals surface area contributed by atoms with Gasteiger partial charge in [0.2, 0.25) is 5.91 Å². The fraction of sp³-hybridized carbons (Fsp3) is 0.333. The molecule has 0 aromatic heterocycles. The molecule has 0 atom stereocenters. The van der Waals surface area contributed by atoms with Crippen molar-refractivity contribution in [1.82, 2.24) is 0 Å². The molecule has 16 heavy (non-hydrogen) atoms. The molecule has 86 valence electrons. The molecule has 0 spiro atoms. The number of esters is 1. The van der Waals surface area contributed by atoms with E-state index in [1.165, 1.54) is 6.92 Å². The molecule has 1 rings (SSSR count). The second kappa shape index (κ2) is 5.90. The van der Waals surface area contributed by atoms with Crippen LogP contribution in [0.2, 0.25) is 0 Å². The van der Waals surface area contributed by atoms with E-state index in [2.05, 4.69) is 5.32 Å². The first kappa shape index (κ1) is 12.2. The van der Waals surface area contributed by atoms with E-state index < -0.39 is 0 Å². The number of amides is 1. The van der Waals surface area contributed by atoms with Crippen molar-refractivity contribution in [3.63, 3.8) is 0 Å². The third kappa shape index (κ3) is 4.13. The molecule has 1 aromatic carbocycles. The molecule has 0 radical (unpaired) electrons. The minimum absolute atomic E-state index is 0.156. The molecule has 1 N–H and O–H groups in total. The van der Waals surface area contributed by atoms with Gasteiger partial charge in [0.1, 0.15) is 5.75 Å². The maximum absolute atomic E-state index is 11.2. The monoisotopic (exact) mass is 221 g/mol. The highest BCUT2D eigenvalue weighted by atomic mass is 16.5. The van der Waals surface area contributed by atoms with Crippen molar-refractivity contribution in [2.75, 3.05) is 5.32 Å². The largest absolute Gasteiger partial charge is 0.426 e. The highest BCUT2D eigenvalue weighted by Gasteiger charge is 2.04. The van der Waals surface area contributed by atoms with Crippen molar-refractivity contribution >= 4 is 17.6 Å². The van der Waals surface area contributed by atoms with Gasteiger partial charge in [0.05, 0.1) is 0 Å². The quantitative estimate of drug-likeness (QED) is 0.627. The van der Waals surface area contributed by atoms with Gasteiger partial charge in [-0.05, 0) is 18.6 Å². The molecule has 0 aliphatic heterocycles. The zero-order valence-electron chi connectivity index (χ0n) is 9.45. The first-order chi connectivity index (χ1) is 7.61. The van der Waals surface area contributed by atoms with E-state index in [0.29, 0.717) is 17.9 Å². The van der Waals surface area contributed by atoms with Crippen LogP contribution >= 0.6 is 0 Å². The Kier molecular flexibility index (Phi) is 4.51. The first-order valence-electron chi connectivity index (χ1n) is 5.20. The van der Waals surface area contributed by atoms with E-state index in [9.17, 15) is 9.59 Å². The Hall–Kier alpha value is -1.84. The third-order valence-electron chi connectivity index (χ3n) is 1.84. The molecule has 0 aliphatic rings. The zero-order valence-corrected chi connectivity index (χ0v) is 9.45. The number of benzene rings is 1. The van der Waals surface area contributed by atoms with E-state index >= 15 is 0 Å². The number of anilines is 1. The van der Waals surface area contributed by atoms with Gasteiger partial charge in [0.25, 0.3) is 0 Å². The Morgan fingerprint density at radius 3 is 2.75 bits per heavy atom. The maximum atomic E-state index is 11.2. The van der Waals surface area contributed by atoms with Crippen molar-refractivity contribution in [2.24, 2.45) is 0 Å². The zero-order chi connectivity index (χ0) is 12.0. The Labute approximate surface area is 94.6 Å². The average Bonchev–Trinajstić information content (AvgIpc) is 2.17. The van der Waals surface area contributed by atoms with Gasteiger partial charge < -0.3 is 10.1 Å². The standard InChI is InChI=1S/C12H15NO3/c1-3-5-12(15)16-11-7-4-6-10(8-11)13-9(2)14/h4,6-8H,3,5H2,1-2H3,(H,13,14). The van der Waals surface area contributed by atoms with E-state index in [4.69, 9.17) is 4.74 Å². The van der Waals surface area contributed by atoms with Crippen LogP contribution in [-0.4, -0.2) is 11.9 Å². The molecule has 0 bridgehead atoms. The summed E-state index contributed by atoms with van der Waals surface area (Å²) in [6, 6.07) is 6.76. The summed E-state index contributed by atoms with van der Waals surface area (Å²) in [5, 5.41) is 2.62. The van der Waals surface area contributed by atoms with Crippen molar-refractivity contribution < 1.29 is 14.3 Å². The lowest BCUT2D eigenvalue weighted by molar-refractivity contribution is -0.134. The van der Waals surface area contributed by atoms with E-state index in [1.54, 1.807) is 24.3 Å². The van der Waals surface area contributed by atoms with E-state index in [0.717, 1.165) is 6.42 Å². The molecular weight excluding hydrogens is 206 g/mol. The van der Waals surface area contributed by atoms with E-state index in [1.807, 2.05) is 6.92 Å². The van der Waals surface area contributed by atoms with Crippen LogP contribution in [0.5, 0.6) is 5.75 Å². The first-order valence-corrected chi connectivity index (χ1v) is 5.20. The van der Waals surface area contributed by atoms with E-state index in [-0.39, 0.29) is 11.9 Å². The van der Waals surface area contributed by atoms with Gasteiger partial charge in [-0.2, -0.15) is 0 Å². The normalized spacial score (nSPS) is 9.62. The molecule has 0 saturated heterocycles. The van der Waals surface area contributed by atoms with Gasteiger partial charge in [-0.25, -0.2) is 0 Å². The topological polar surface area (TPSA) is 55.4 Å². The summed E-state index contributed by atoms with van der Waals surface area (Å²) in [6.45, 7) is 3.34. The van der Waals surface area contributed by atoms with Crippen molar-refractivity contribution in [2.45, 2.75) is 26.7 Å². The maximum Gasteiger partial charge on any atom is 0.311 e. The van der Waals surface area contributed by atoms with Crippen LogP contribution in [0.3, 0.4) is 0 Å². The van der Waals surface area contributed by atoms with Crippen molar-refractivity contribution in [3.05, 3.63) is 24.3 Å². The van der Waals surface area contributed by atoms with Crippen LogP contribution in [0.1, 0.15) is 26.7 Å².